The zero-order valence-electron chi connectivity index (χ0n) is 10.0. The highest BCUT2D eigenvalue weighted by atomic mass is 17.2. The third kappa shape index (κ3) is 3.83. The normalized spacial score (nSPS) is 9.89. The lowest BCUT2D eigenvalue weighted by molar-refractivity contribution is -0.241. The largest absolute Gasteiger partial charge is 0.373 e. The lowest BCUT2D eigenvalue weighted by atomic mass is 10.1. The molecule has 0 amide bonds. The molecule has 0 spiro atoms. The van der Waals surface area contributed by atoms with Gasteiger partial charge in [0.25, 0.3) is 0 Å². The zero-order valence-corrected chi connectivity index (χ0v) is 10.0. The highest BCUT2D eigenvalue weighted by molar-refractivity contribution is 6.02. The Hall–Kier alpha value is -1.92. The molecule has 0 bridgehead atoms. The number of carbonyl (C=O) groups excluding carboxylic acids is 2. The first kappa shape index (κ1) is 14.1. The maximum absolute atomic E-state index is 11.7. The van der Waals surface area contributed by atoms with Gasteiger partial charge in [-0.05, 0) is 18.6 Å². The molecule has 0 saturated heterocycles. The number of unbranched alkanes of at least 4 members (excludes halogenated alkanes) is 1. The van der Waals surface area contributed by atoms with Gasteiger partial charge in [-0.3, -0.25) is 4.89 Å². The molecule has 18 heavy (non-hydrogen) atoms. The maximum atomic E-state index is 11.7. The predicted octanol–water partition coefficient (Wildman–Crippen LogP) is 1.61. The predicted molar refractivity (Wildman–Crippen MR) is 62.3 cm³/mol. The summed E-state index contributed by atoms with van der Waals surface area (Å²) in [5.74, 6) is 3.21. The summed E-state index contributed by atoms with van der Waals surface area (Å²) in [7, 11) is 0. The standard InChI is InChI=1S/C12H15NO5/c1-2-3-8-16-18-12(15)10-7-5-4-6-9(10)11(14)17-13/h4-7H,2-3,8,13H2,1H3. The van der Waals surface area contributed by atoms with Crippen LogP contribution in [0.2, 0.25) is 0 Å². The monoisotopic (exact) mass is 253 g/mol. The van der Waals surface area contributed by atoms with Crippen molar-refractivity contribution in [1.82, 2.24) is 0 Å². The van der Waals surface area contributed by atoms with E-state index in [9.17, 15) is 9.59 Å². The van der Waals surface area contributed by atoms with Crippen molar-refractivity contribution in [3.8, 4) is 0 Å². The lowest BCUT2D eigenvalue weighted by Gasteiger charge is -2.06. The Balaban J connectivity index is 2.70. The molecule has 1 rings (SSSR count). The Bertz CT molecular complexity index is 419. The van der Waals surface area contributed by atoms with Crippen LogP contribution < -0.4 is 5.90 Å². The first-order chi connectivity index (χ1) is 8.70. The van der Waals surface area contributed by atoms with Gasteiger partial charge in [-0.1, -0.05) is 25.5 Å². The molecule has 98 valence electrons. The molecule has 0 saturated carbocycles. The minimum absolute atomic E-state index is 0.0316. The first-order valence-electron chi connectivity index (χ1n) is 5.54. The second kappa shape index (κ2) is 7.41. The Morgan fingerprint density at radius 3 is 2.33 bits per heavy atom. The van der Waals surface area contributed by atoms with Gasteiger partial charge in [-0.15, -0.1) is 0 Å². The average molecular weight is 253 g/mol. The lowest BCUT2D eigenvalue weighted by Crippen LogP contribution is -2.16. The minimum Gasteiger partial charge on any atom is -0.370 e. The number of carbonyl (C=O) groups is 2. The number of rotatable bonds is 6. The molecule has 2 N–H and O–H groups in total. The van der Waals surface area contributed by atoms with E-state index in [1.54, 1.807) is 12.1 Å². The zero-order chi connectivity index (χ0) is 13.4. The van der Waals surface area contributed by atoms with Crippen LogP contribution in [0, 0.1) is 0 Å². The molecule has 6 heteroatoms. The van der Waals surface area contributed by atoms with Crippen molar-refractivity contribution < 1.29 is 24.2 Å². The van der Waals surface area contributed by atoms with E-state index in [1.807, 2.05) is 6.92 Å². The maximum Gasteiger partial charge on any atom is 0.373 e. The van der Waals surface area contributed by atoms with Gasteiger partial charge in [0.2, 0.25) is 0 Å². The van der Waals surface area contributed by atoms with Crippen LogP contribution in [0.4, 0.5) is 0 Å². The van der Waals surface area contributed by atoms with E-state index in [0.717, 1.165) is 12.8 Å². The van der Waals surface area contributed by atoms with Crippen molar-refractivity contribution in [2.75, 3.05) is 6.61 Å². The smallest absolute Gasteiger partial charge is 0.370 e. The fourth-order valence-electron chi connectivity index (χ4n) is 1.25. The third-order valence-corrected chi connectivity index (χ3v) is 2.19. The molecule has 1 aromatic carbocycles. The van der Waals surface area contributed by atoms with Crippen LogP contribution in [-0.2, 0) is 14.6 Å². The summed E-state index contributed by atoms with van der Waals surface area (Å²) in [6, 6.07) is 6.02. The molecule has 0 radical (unpaired) electrons. The van der Waals surface area contributed by atoms with Gasteiger partial charge in [0.05, 0.1) is 17.7 Å². The van der Waals surface area contributed by atoms with Crippen LogP contribution in [0.15, 0.2) is 24.3 Å². The van der Waals surface area contributed by atoms with Crippen molar-refractivity contribution in [3.63, 3.8) is 0 Å². The van der Waals surface area contributed by atoms with Crippen LogP contribution >= 0.6 is 0 Å². The fraction of sp³-hybridized carbons (Fsp3) is 0.333. The summed E-state index contributed by atoms with van der Waals surface area (Å²) in [5.41, 5.74) is 0.0774. The summed E-state index contributed by atoms with van der Waals surface area (Å²) in [6.07, 6.45) is 1.70. The highest BCUT2D eigenvalue weighted by Gasteiger charge is 2.19. The Labute approximate surface area is 105 Å². The molecular weight excluding hydrogens is 238 g/mol. The number of hydrogen-bond acceptors (Lipinski definition) is 6. The number of benzene rings is 1. The summed E-state index contributed by atoms with van der Waals surface area (Å²) in [4.78, 5) is 36.4. The summed E-state index contributed by atoms with van der Waals surface area (Å²) in [6.45, 7) is 2.30. The van der Waals surface area contributed by atoms with Crippen LogP contribution in [0.5, 0.6) is 0 Å². The second-order valence-electron chi connectivity index (χ2n) is 3.50. The van der Waals surface area contributed by atoms with Gasteiger partial charge in [-0.25, -0.2) is 9.59 Å². The van der Waals surface area contributed by atoms with Gasteiger partial charge in [-0.2, -0.15) is 10.8 Å². The van der Waals surface area contributed by atoms with Crippen LogP contribution in [0.3, 0.4) is 0 Å². The van der Waals surface area contributed by atoms with E-state index in [4.69, 9.17) is 10.8 Å². The Kier molecular flexibility index (Phi) is 5.83. The minimum atomic E-state index is -0.809. The van der Waals surface area contributed by atoms with Gasteiger partial charge in [0.15, 0.2) is 0 Å². The van der Waals surface area contributed by atoms with Gasteiger partial charge < -0.3 is 4.84 Å². The first-order valence-corrected chi connectivity index (χ1v) is 5.54. The molecule has 0 fully saturated rings. The van der Waals surface area contributed by atoms with Gasteiger partial charge >= 0.3 is 11.9 Å². The highest BCUT2D eigenvalue weighted by Crippen LogP contribution is 2.11. The van der Waals surface area contributed by atoms with E-state index in [2.05, 4.69) is 9.73 Å². The molecule has 6 nitrogen and oxygen atoms in total. The molecule has 0 aliphatic rings. The van der Waals surface area contributed by atoms with Crippen molar-refractivity contribution >= 4 is 11.9 Å². The molecule has 0 aliphatic carbocycles. The Morgan fingerprint density at radius 1 is 1.17 bits per heavy atom. The van der Waals surface area contributed by atoms with Crippen molar-refractivity contribution in [2.24, 2.45) is 5.90 Å². The van der Waals surface area contributed by atoms with E-state index in [1.165, 1.54) is 12.1 Å². The second-order valence-corrected chi connectivity index (χ2v) is 3.50. The van der Waals surface area contributed by atoms with Crippen LogP contribution in [0.1, 0.15) is 40.5 Å². The molecule has 0 unspecified atom stereocenters. The van der Waals surface area contributed by atoms with Gasteiger partial charge in [0, 0.05) is 0 Å². The van der Waals surface area contributed by atoms with Crippen molar-refractivity contribution in [2.45, 2.75) is 19.8 Å². The quantitative estimate of drug-likeness (QED) is 0.470. The summed E-state index contributed by atoms with van der Waals surface area (Å²) < 4.78 is 0. The third-order valence-electron chi connectivity index (χ3n) is 2.19. The number of nitrogens with two attached hydrogens (primary N) is 1. The Morgan fingerprint density at radius 2 is 1.78 bits per heavy atom. The molecule has 0 aliphatic heterocycles. The van der Waals surface area contributed by atoms with Gasteiger partial charge in [0.1, 0.15) is 0 Å². The molecule has 0 aromatic heterocycles. The average Bonchev–Trinajstić information content (AvgIpc) is 2.42. The van der Waals surface area contributed by atoms with Crippen LogP contribution in [0.25, 0.3) is 0 Å². The topological polar surface area (TPSA) is 87.8 Å². The van der Waals surface area contributed by atoms with Crippen LogP contribution in [-0.4, -0.2) is 18.5 Å². The van der Waals surface area contributed by atoms with E-state index < -0.39 is 11.9 Å². The summed E-state index contributed by atoms with van der Waals surface area (Å²) >= 11 is 0. The molecule has 0 atom stereocenters. The molecule has 1 aromatic rings. The SMILES string of the molecule is CCCCOOC(=O)c1ccccc1C(=O)ON. The summed E-state index contributed by atoms with van der Waals surface area (Å²) in [5, 5.41) is 0. The van der Waals surface area contributed by atoms with Crippen molar-refractivity contribution in [1.29, 1.82) is 0 Å². The van der Waals surface area contributed by atoms with Crippen molar-refractivity contribution in [3.05, 3.63) is 35.4 Å². The molecular formula is C12H15NO5. The van der Waals surface area contributed by atoms with E-state index in [0.29, 0.717) is 6.61 Å². The number of hydrogen-bond donors (Lipinski definition) is 1. The fourth-order valence-corrected chi connectivity index (χ4v) is 1.25. The molecule has 0 heterocycles. The van der Waals surface area contributed by atoms with E-state index in [-0.39, 0.29) is 11.1 Å². The van der Waals surface area contributed by atoms with E-state index >= 15 is 0 Å².